The molecule has 17 heavy (non-hydrogen) atoms. The van der Waals surface area contributed by atoms with Crippen LogP contribution in [0.5, 0.6) is 0 Å². The number of benzene rings is 2. The van der Waals surface area contributed by atoms with Crippen LogP contribution in [-0.4, -0.2) is 11.5 Å². The average Bonchev–Trinajstić information content (AvgIpc) is 2.68. The van der Waals surface area contributed by atoms with Gasteiger partial charge in [0, 0.05) is 5.56 Å². The molecule has 0 N–H and O–H groups in total. The van der Waals surface area contributed by atoms with Crippen LogP contribution in [0.1, 0.15) is 21.5 Å². The number of aryl methyl sites for hydroxylation is 1. The van der Waals surface area contributed by atoms with Gasteiger partial charge in [-0.2, -0.15) is 0 Å². The summed E-state index contributed by atoms with van der Waals surface area (Å²) < 4.78 is 0. The topological polar surface area (TPSA) is 29.4 Å². The van der Waals surface area contributed by atoms with E-state index < -0.39 is 0 Å². The van der Waals surface area contributed by atoms with Crippen molar-refractivity contribution in [1.29, 1.82) is 0 Å². The summed E-state index contributed by atoms with van der Waals surface area (Å²) in [6, 6.07) is 15.4. The lowest BCUT2D eigenvalue weighted by atomic mass is 10.0. The molecule has 0 amide bonds. The second-order valence-corrected chi connectivity index (χ2v) is 4.18. The zero-order chi connectivity index (χ0) is 11.8. The fourth-order valence-electron chi connectivity index (χ4n) is 2.02. The lowest BCUT2D eigenvalue weighted by molar-refractivity contribution is 0.107. The number of Topliss-reactive ketones (excluding diaryl/α,β-unsaturated/α-hetero) is 1. The molecule has 0 fully saturated rings. The van der Waals surface area contributed by atoms with E-state index in [1.54, 1.807) is 0 Å². The van der Waals surface area contributed by atoms with Crippen LogP contribution < -0.4 is 0 Å². The highest BCUT2D eigenvalue weighted by Gasteiger charge is 2.25. The Morgan fingerprint density at radius 2 is 1.76 bits per heavy atom. The second-order valence-electron chi connectivity index (χ2n) is 4.18. The third-order valence-corrected chi connectivity index (χ3v) is 2.89. The highest BCUT2D eigenvalue weighted by Crippen LogP contribution is 2.29. The normalized spacial score (nSPS) is 13.5. The molecule has 1 heterocycles. The first-order chi connectivity index (χ1) is 8.25. The maximum atomic E-state index is 12.2. The highest BCUT2D eigenvalue weighted by atomic mass is 16.1. The minimum absolute atomic E-state index is 0.0231. The van der Waals surface area contributed by atoms with Gasteiger partial charge in [-0.15, -0.1) is 0 Å². The molecule has 0 unspecified atom stereocenters. The van der Waals surface area contributed by atoms with Crippen molar-refractivity contribution in [2.75, 3.05) is 0 Å². The van der Waals surface area contributed by atoms with Gasteiger partial charge in [-0.25, -0.2) is 4.99 Å². The van der Waals surface area contributed by atoms with Crippen molar-refractivity contribution in [3.8, 4) is 0 Å². The van der Waals surface area contributed by atoms with Gasteiger partial charge in [0.1, 0.15) is 5.71 Å². The summed E-state index contributed by atoms with van der Waals surface area (Å²) in [6.45, 7) is 1.98. The molecule has 1 aliphatic rings. The van der Waals surface area contributed by atoms with Crippen molar-refractivity contribution < 1.29 is 4.79 Å². The molecule has 2 aromatic carbocycles. The second kappa shape index (κ2) is 3.67. The standard InChI is InChI=1S/C15H11NO/c1-10-7-8-13-12(9-10)15(17)14(16-13)11-5-3-2-4-6-11/h2-9H,1H3. The van der Waals surface area contributed by atoms with Gasteiger partial charge >= 0.3 is 0 Å². The molecule has 0 radical (unpaired) electrons. The summed E-state index contributed by atoms with van der Waals surface area (Å²) in [6.07, 6.45) is 0. The summed E-state index contributed by atoms with van der Waals surface area (Å²) in [4.78, 5) is 16.6. The quantitative estimate of drug-likeness (QED) is 0.726. The third kappa shape index (κ3) is 1.58. The van der Waals surface area contributed by atoms with Crippen LogP contribution in [0.25, 0.3) is 0 Å². The number of nitrogens with zero attached hydrogens (tertiary/aromatic N) is 1. The van der Waals surface area contributed by atoms with Crippen LogP contribution in [-0.2, 0) is 0 Å². The third-order valence-electron chi connectivity index (χ3n) is 2.89. The Bertz CT molecular complexity index is 627. The van der Waals surface area contributed by atoms with Gasteiger partial charge in [0.05, 0.1) is 11.3 Å². The molecule has 0 saturated carbocycles. The van der Waals surface area contributed by atoms with Crippen LogP contribution in [0, 0.1) is 6.92 Å². The molecule has 0 spiro atoms. The zero-order valence-corrected chi connectivity index (χ0v) is 9.47. The largest absolute Gasteiger partial charge is 0.287 e. The summed E-state index contributed by atoms with van der Waals surface area (Å²) in [5.41, 5.74) is 4.00. The molecule has 3 rings (SSSR count). The minimum Gasteiger partial charge on any atom is -0.287 e. The predicted octanol–water partition coefficient (Wildman–Crippen LogP) is 3.31. The first kappa shape index (κ1) is 9.97. The molecular formula is C15H11NO. The summed E-state index contributed by atoms with van der Waals surface area (Å²) in [5.74, 6) is 0.0231. The monoisotopic (exact) mass is 221 g/mol. The minimum atomic E-state index is 0.0231. The van der Waals surface area contributed by atoms with Crippen molar-refractivity contribution >= 4 is 17.2 Å². The number of aliphatic imine (C=N–C) groups is 1. The van der Waals surface area contributed by atoms with Gasteiger partial charge in [0.25, 0.3) is 0 Å². The fourth-order valence-corrected chi connectivity index (χ4v) is 2.02. The molecule has 2 heteroatoms. The summed E-state index contributed by atoms with van der Waals surface area (Å²) in [7, 11) is 0. The van der Waals surface area contributed by atoms with E-state index in [1.165, 1.54) is 0 Å². The molecule has 0 aliphatic carbocycles. The average molecular weight is 221 g/mol. The molecule has 0 bridgehead atoms. The Balaban J connectivity index is 2.11. The van der Waals surface area contributed by atoms with E-state index in [9.17, 15) is 4.79 Å². The Morgan fingerprint density at radius 1 is 1.00 bits per heavy atom. The van der Waals surface area contributed by atoms with Crippen molar-refractivity contribution in [2.24, 2.45) is 4.99 Å². The number of carbonyl (C=O) groups excluding carboxylic acids is 1. The molecule has 2 nitrogen and oxygen atoms in total. The van der Waals surface area contributed by atoms with Gasteiger partial charge < -0.3 is 0 Å². The lowest BCUT2D eigenvalue weighted by Crippen LogP contribution is -2.10. The SMILES string of the molecule is Cc1ccc2c(c1)C(=O)C(c1ccccc1)=N2. The number of rotatable bonds is 1. The number of hydrogen-bond acceptors (Lipinski definition) is 2. The maximum absolute atomic E-state index is 12.2. The van der Waals surface area contributed by atoms with Crippen LogP contribution in [0.2, 0.25) is 0 Å². The van der Waals surface area contributed by atoms with Crippen molar-refractivity contribution in [3.63, 3.8) is 0 Å². The molecule has 82 valence electrons. The van der Waals surface area contributed by atoms with Gasteiger partial charge in [0.15, 0.2) is 0 Å². The Hall–Kier alpha value is -2.22. The molecule has 0 atom stereocenters. The number of hydrogen-bond donors (Lipinski definition) is 0. The van der Waals surface area contributed by atoms with E-state index >= 15 is 0 Å². The van der Waals surface area contributed by atoms with Crippen LogP contribution >= 0.6 is 0 Å². The molecular weight excluding hydrogens is 210 g/mol. The molecule has 0 aromatic heterocycles. The molecule has 2 aromatic rings. The van der Waals surface area contributed by atoms with E-state index in [1.807, 2.05) is 55.5 Å². The van der Waals surface area contributed by atoms with E-state index in [0.717, 1.165) is 16.8 Å². The van der Waals surface area contributed by atoms with Crippen LogP contribution in [0.4, 0.5) is 5.69 Å². The first-order valence-corrected chi connectivity index (χ1v) is 5.55. The van der Waals surface area contributed by atoms with E-state index in [-0.39, 0.29) is 5.78 Å². The van der Waals surface area contributed by atoms with E-state index in [4.69, 9.17) is 0 Å². The van der Waals surface area contributed by atoms with E-state index in [0.29, 0.717) is 11.3 Å². The number of fused-ring (bicyclic) bond motifs is 1. The molecule has 0 saturated heterocycles. The first-order valence-electron chi connectivity index (χ1n) is 5.55. The Morgan fingerprint density at radius 3 is 2.53 bits per heavy atom. The van der Waals surface area contributed by atoms with Gasteiger partial charge in [-0.05, 0) is 19.1 Å². The van der Waals surface area contributed by atoms with Crippen molar-refractivity contribution in [3.05, 3.63) is 65.2 Å². The van der Waals surface area contributed by atoms with Gasteiger partial charge in [-0.1, -0.05) is 42.0 Å². The van der Waals surface area contributed by atoms with Crippen molar-refractivity contribution in [2.45, 2.75) is 6.92 Å². The number of carbonyl (C=O) groups is 1. The lowest BCUT2D eigenvalue weighted by Gasteiger charge is -1.98. The maximum Gasteiger partial charge on any atom is 0.214 e. The van der Waals surface area contributed by atoms with Crippen LogP contribution in [0.3, 0.4) is 0 Å². The van der Waals surface area contributed by atoms with Gasteiger partial charge in [0.2, 0.25) is 5.78 Å². The predicted molar refractivity (Wildman–Crippen MR) is 68.1 cm³/mol. The highest BCUT2D eigenvalue weighted by molar-refractivity contribution is 6.54. The summed E-state index contributed by atoms with van der Waals surface area (Å²) in [5, 5.41) is 0. The number of ketones is 1. The Kier molecular flexibility index (Phi) is 2.15. The van der Waals surface area contributed by atoms with E-state index in [2.05, 4.69) is 4.99 Å². The smallest absolute Gasteiger partial charge is 0.214 e. The van der Waals surface area contributed by atoms with Crippen molar-refractivity contribution in [1.82, 2.24) is 0 Å². The Labute approximate surface area is 99.6 Å². The van der Waals surface area contributed by atoms with Crippen LogP contribution in [0.15, 0.2) is 53.5 Å². The van der Waals surface area contributed by atoms with Gasteiger partial charge in [-0.3, -0.25) is 4.79 Å². The molecule has 1 aliphatic heterocycles. The fraction of sp³-hybridized carbons (Fsp3) is 0.0667. The zero-order valence-electron chi connectivity index (χ0n) is 9.47. The summed E-state index contributed by atoms with van der Waals surface area (Å²) >= 11 is 0.